The Kier molecular flexibility index (Phi) is 6.25. The molecule has 0 spiro atoms. The minimum absolute atomic E-state index is 0.134. The van der Waals surface area contributed by atoms with Crippen molar-refractivity contribution >= 4 is 5.91 Å². The third kappa shape index (κ3) is 3.80. The summed E-state index contributed by atoms with van der Waals surface area (Å²) in [6.07, 6.45) is 0. The molecule has 2 aromatic carbocycles. The Bertz CT molecular complexity index is 1170. The van der Waals surface area contributed by atoms with Crippen LogP contribution in [0.4, 0.5) is 4.39 Å². The first-order chi connectivity index (χ1) is 14.4. The molecule has 3 rings (SSSR count). The van der Waals surface area contributed by atoms with E-state index in [0.717, 1.165) is 9.25 Å². The number of halogens is 1. The van der Waals surface area contributed by atoms with Crippen LogP contribution in [0.2, 0.25) is 0 Å². The fourth-order valence-electron chi connectivity index (χ4n) is 3.29. The smallest absolute Gasteiger partial charge is 0.338 e. The van der Waals surface area contributed by atoms with Gasteiger partial charge in [0.15, 0.2) is 0 Å². The second kappa shape index (κ2) is 8.86. The van der Waals surface area contributed by atoms with E-state index >= 15 is 0 Å². The number of carbonyl (C=O) groups is 1. The van der Waals surface area contributed by atoms with Crippen molar-refractivity contribution in [2.75, 3.05) is 13.1 Å². The van der Waals surface area contributed by atoms with Crippen LogP contribution in [0.25, 0.3) is 5.69 Å². The zero-order valence-electron chi connectivity index (χ0n) is 17.1. The molecule has 156 valence electrons. The van der Waals surface area contributed by atoms with Crippen LogP contribution in [0.1, 0.15) is 42.9 Å². The molecule has 0 N–H and O–H groups in total. The summed E-state index contributed by atoms with van der Waals surface area (Å²) >= 11 is 0. The SMILES string of the molecule is CCN(CC)C(=O)c1nn(-c2ccccc2F)c(=O)n([C@@H](C)c2ccccc2)c1=O. The zero-order valence-corrected chi connectivity index (χ0v) is 17.1. The highest BCUT2D eigenvalue weighted by atomic mass is 19.1. The van der Waals surface area contributed by atoms with Crippen LogP contribution in [0.5, 0.6) is 0 Å². The molecule has 1 aromatic heterocycles. The van der Waals surface area contributed by atoms with Gasteiger partial charge >= 0.3 is 5.69 Å². The monoisotopic (exact) mass is 410 g/mol. The van der Waals surface area contributed by atoms with Crippen LogP contribution < -0.4 is 11.2 Å². The van der Waals surface area contributed by atoms with Gasteiger partial charge in [-0.15, -0.1) is 0 Å². The highest BCUT2D eigenvalue weighted by molar-refractivity contribution is 5.91. The van der Waals surface area contributed by atoms with Crippen molar-refractivity contribution in [1.29, 1.82) is 0 Å². The van der Waals surface area contributed by atoms with Gasteiger partial charge in [-0.1, -0.05) is 42.5 Å². The van der Waals surface area contributed by atoms with E-state index in [1.165, 1.54) is 23.1 Å². The summed E-state index contributed by atoms with van der Waals surface area (Å²) in [5.74, 6) is -1.30. The molecule has 0 saturated heterocycles. The second-order valence-corrected chi connectivity index (χ2v) is 6.73. The van der Waals surface area contributed by atoms with E-state index in [0.29, 0.717) is 18.7 Å². The molecular formula is C22H23FN4O3. The number of amides is 1. The summed E-state index contributed by atoms with van der Waals surface area (Å²) < 4.78 is 16.2. The van der Waals surface area contributed by atoms with E-state index in [-0.39, 0.29) is 5.69 Å². The maximum absolute atomic E-state index is 14.5. The van der Waals surface area contributed by atoms with Gasteiger partial charge in [0, 0.05) is 13.1 Å². The molecule has 0 radical (unpaired) electrons. The number of benzene rings is 2. The van der Waals surface area contributed by atoms with Crippen molar-refractivity contribution in [1.82, 2.24) is 19.2 Å². The van der Waals surface area contributed by atoms with E-state index < -0.39 is 34.7 Å². The Morgan fingerprint density at radius 2 is 1.63 bits per heavy atom. The molecule has 7 nitrogen and oxygen atoms in total. The Morgan fingerprint density at radius 1 is 1.03 bits per heavy atom. The standard InChI is InChI=1S/C22H23FN4O3/c1-4-25(5-2)20(28)19-21(29)26(15(3)16-11-7-6-8-12-16)22(30)27(24-19)18-14-10-9-13-17(18)23/h6-15H,4-5H2,1-3H3/t15-/m0/s1. The fourth-order valence-corrected chi connectivity index (χ4v) is 3.29. The summed E-state index contributed by atoms with van der Waals surface area (Å²) in [5.41, 5.74) is -1.49. The van der Waals surface area contributed by atoms with E-state index in [4.69, 9.17) is 0 Å². The molecule has 30 heavy (non-hydrogen) atoms. The van der Waals surface area contributed by atoms with Crippen LogP contribution in [0.15, 0.2) is 64.2 Å². The van der Waals surface area contributed by atoms with Crippen molar-refractivity contribution < 1.29 is 9.18 Å². The van der Waals surface area contributed by atoms with Gasteiger partial charge in [0.2, 0.25) is 5.69 Å². The van der Waals surface area contributed by atoms with Crippen LogP contribution in [0, 0.1) is 5.82 Å². The van der Waals surface area contributed by atoms with Gasteiger partial charge in [-0.3, -0.25) is 9.59 Å². The zero-order chi connectivity index (χ0) is 21.8. The molecule has 0 bridgehead atoms. The Morgan fingerprint density at radius 3 is 2.23 bits per heavy atom. The summed E-state index contributed by atoms with van der Waals surface area (Å²) in [6, 6.07) is 13.8. The number of para-hydroxylation sites is 1. The van der Waals surface area contributed by atoms with E-state index in [1.807, 2.05) is 6.07 Å². The minimum Gasteiger partial charge on any atom is -0.338 e. The fraction of sp³-hybridized carbons (Fsp3) is 0.273. The van der Waals surface area contributed by atoms with Gasteiger partial charge in [0.1, 0.15) is 11.5 Å². The normalized spacial score (nSPS) is 11.9. The molecule has 0 aliphatic heterocycles. The van der Waals surface area contributed by atoms with Gasteiger partial charge in [-0.05, 0) is 38.5 Å². The molecule has 3 aromatic rings. The molecule has 0 saturated carbocycles. The number of carbonyl (C=O) groups excluding carboxylic acids is 1. The first-order valence-electron chi connectivity index (χ1n) is 9.75. The Balaban J connectivity index is 2.33. The summed E-state index contributed by atoms with van der Waals surface area (Å²) in [5, 5.41) is 4.00. The van der Waals surface area contributed by atoms with Crippen LogP contribution >= 0.6 is 0 Å². The van der Waals surface area contributed by atoms with Crippen LogP contribution in [-0.2, 0) is 0 Å². The molecule has 8 heteroatoms. The molecular weight excluding hydrogens is 387 g/mol. The lowest BCUT2D eigenvalue weighted by Crippen LogP contribution is -2.48. The third-order valence-electron chi connectivity index (χ3n) is 5.01. The lowest BCUT2D eigenvalue weighted by atomic mass is 10.1. The minimum atomic E-state index is -0.822. The van der Waals surface area contributed by atoms with E-state index in [9.17, 15) is 18.8 Å². The molecule has 0 unspecified atom stereocenters. The number of hydrogen-bond acceptors (Lipinski definition) is 4. The first kappa shape index (κ1) is 21.2. The van der Waals surface area contributed by atoms with Gasteiger partial charge in [0.05, 0.1) is 6.04 Å². The maximum atomic E-state index is 14.5. The molecule has 1 amide bonds. The van der Waals surface area contributed by atoms with Gasteiger partial charge in [-0.25, -0.2) is 13.8 Å². The number of hydrogen-bond donors (Lipinski definition) is 0. The second-order valence-electron chi connectivity index (χ2n) is 6.73. The van der Waals surface area contributed by atoms with Gasteiger partial charge in [0.25, 0.3) is 11.5 Å². The largest absolute Gasteiger partial charge is 0.352 e. The van der Waals surface area contributed by atoms with Crippen molar-refractivity contribution in [2.45, 2.75) is 26.8 Å². The third-order valence-corrected chi connectivity index (χ3v) is 5.01. The maximum Gasteiger partial charge on any atom is 0.352 e. The first-order valence-corrected chi connectivity index (χ1v) is 9.75. The average Bonchev–Trinajstić information content (AvgIpc) is 2.76. The van der Waals surface area contributed by atoms with Crippen LogP contribution in [-0.4, -0.2) is 38.2 Å². The molecule has 1 atom stereocenters. The molecule has 0 aliphatic carbocycles. The number of nitrogens with zero attached hydrogens (tertiary/aromatic N) is 4. The van der Waals surface area contributed by atoms with Crippen molar-refractivity contribution in [2.24, 2.45) is 0 Å². The van der Waals surface area contributed by atoms with Crippen molar-refractivity contribution in [3.05, 3.63) is 92.5 Å². The summed E-state index contributed by atoms with van der Waals surface area (Å²) in [4.78, 5) is 40.8. The van der Waals surface area contributed by atoms with Crippen LogP contribution in [0.3, 0.4) is 0 Å². The topological polar surface area (TPSA) is 77.2 Å². The predicted octanol–water partition coefficient (Wildman–Crippen LogP) is 2.62. The predicted molar refractivity (Wildman–Crippen MR) is 112 cm³/mol. The molecule has 0 aliphatic rings. The highest BCUT2D eigenvalue weighted by Gasteiger charge is 2.26. The molecule has 1 heterocycles. The van der Waals surface area contributed by atoms with E-state index in [1.54, 1.807) is 51.1 Å². The quantitative estimate of drug-likeness (QED) is 0.626. The Hall–Kier alpha value is -3.55. The Labute approximate surface area is 173 Å². The van der Waals surface area contributed by atoms with Gasteiger partial charge < -0.3 is 4.90 Å². The van der Waals surface area contributed by atoms with Gasteiger partial charge in [-0.2, -0.15) is 9.78 Å². The summed E-state index contributed by atoms with van der Waals surface area (Å²) in [6.45, 7) is 5.96. The lowest BCUT2D eigenvalue weighted by Gasteiger charge is -2.21. The van der Waals surface area contributed by atoms with E-state index in [2.05, 4.69) is 5.10 Å². The van der Waals surface area contributed by atoms with Crippen molar-refractivity contribution in [3.63, 3.8) is 0 Å². The summed E-state index contributed by atoms with van der Waals surface area (Å²) in [7, 11) is 0. The molecule has 0 fully saturated rings. The highest BCUT2D eigenvalue weighted by Crippen LogP contribution is 2.15. The van der Waals surface area contributed by atoms with Crippen molar-refractivity contribution in [3.8, 4) is 5.69 Å². The number of rotatable bonds is 6. The average molecular weight is 410 g/mol. The number of aromatic nitrogens is 3. The lowest BCUT2D eigenvalue weighted by molar-refractivity contribution is 0.0761.